The van der Waals surface area contributed by atoms with E-state index >= 15 is 0 Å². The van der Waals surface area contributed by atoms with Crippen LogP contribution in [0.2, 0.25) is 0 Å². The molecule has 34 heavy (non-hydrogen) atoms. The summed E-state index contributed by atoms with van der Waals surface area (Å²) in [7, 11) is 0. The molecular formula is C22H12F3N3O5S. The third kappa shape index (κ3) is 3.10. The lowest BCUT2D eigenvalue weighted by Gasteiger charge is -2.49. The van der Waals surface area contributed by atoms with E-state index in [4.69, 9.17) is 0 Å². The van der Waals surface area contributed by atoms with Gasteiger partial charge in [0.1, 0.15) is 17.6 Å². The Balaban J connectivity index is 1.58. The number of amides is 3. The van der Waals surface area contributed by atoms with Crippen LogP contribution in [0.1, 0.15) is 37.2 Å². The molecule has 172 valence electrons. The molecule has 5 rings (SSSR count). The second-order valence-corrected chi connectivity index (χ2v) is 8.58. The first-order valence-corrected chi connectivity index (χ1v) is 10.7. The van der Waals surface area contributed by atoms with Crippen LogP contribution < -0.4 is 4.90 Å². The minimum atomic E-state index is -4.64. The number of fused-ring (bicyclic) bond motifs is 1. The number of rotatable bonds is 4. The summed E-state index contributed by atoms with van der Waals surface area (Å²) < 4.78 is 39.7. The number of carbonyl (C=O) groups excluding carboxylic acids is 3. The van der Waals surface area contributed by atoms with Gasteiger partial charge in [0.2, 0.25) is 0 Å². The molecule has 0 aliphatic carbocycles. The Hall–Kier alpha value is -4.06. The molecule has 0 saturated carbocycles. The van der Waals surface area contributed by atoms with Crippen LogP contribution in [0.15, 0.2) is 60.0 Å². The number of thiophene rings is 1. The summed E-state index contributed by atoms with van der Waals surface area (Å²) in [5.74, 6) is -2.63. The van der Waals surface area contributed by atoms with Crippen molar-refractivity contribution in [1.82, 2.24) is 4.90 Å². The number of hydrogen-bond donors (Lipinski definition) is 0. The van der Waals surface area contributed by atoms with Crippen molar-refractivity contribution in [3.05, 3.63) is 91.7 Å². The number of benzene rings is 2. The maximum Gasteiger partial charge on any atom is 0.416 e. The van der Waals surface area contributed by atoms with Gasteiger partial charge in [-0.2, -0.15) is 13.2 Å². The number of nitro benzene ring substituents is 1. The standard InChI is InChI=1S/C22H12F3N3O5S/c23-22(24,25)11-4-1-5-12(10-11)26-17(15-8-3-9-34-15)18(21(26)31)27-19(29)13-6-2-7-14(28(32)33)16(13)20(27)30/h1-10,17-18H. The van der Waals surface area contributed by atoms with E-state index in [9.17, 15) is 37.7 Å². The average Bonchev–Trinajstić information content (AvgIpc) is 3.40. The van der Waals surface area contributed by atoms with Crippen LogP contribution in [0.25, 0.3) is 0 Å². The zero-order chi connectivity index (χ0) is 24.4. The molecule has 2 aliphatic heterocycles. The van der Waals surface area contributed by atoms with E-state index in [-0.39, 0.29) is 11.3 Å². The molecule has 0 radical (unpaired) electrons. The van der Waals surface area contributed by atoms with Gasteiger partial charge in [-0.25, -0.2) is 0 Å². The molecule has 1 saturated heterocycles. The van der Waals surface area contributed by atoms with Gasteiger partial charge >= 0.3 is 6.18 Å². The number of hydrogen-bond acceptors (Lipinski definition) is 6. The van der Waals surface area contributed by atoms with Crippen molar-refractivity contribution >= 4 is 40.4 Å². The second-order valence-electron chi connectivity index (χ2n) is 7.60. The smallest absolute Gasteiger partial charge is 0.300 e. The van der Waals surface area contributed by atoms with Crippen molar-refractivity contribution in [2.75, 3.05) is 4.90 Å². The summed E-state index contributed by atoms with van der Waals surface area (Å²) in [6, 6.07) is 8.78. The van der Waals surface area contributed by atoms with Crippen molar-refractivity contribution in [2.24, 2.45) is 0 Å². The Morgan fingerprint density at radius 2 is 1.65 bits per heavy atom. The molecule has 2 aromatic carbocycles. The first-order chi connectivity index (χ1) is 16.1. The zero-order valence-electron chi connectivity index (χ0n) is 16.9. The van der Waals surface area contributed by atoms with Gasteiger partial charge in [0, 0.05) is 16.6 Å². The largest absolute Gasteiger partial charge is 0.416 e. The molecule has 2 atom stereocenters. The summed E-state index contributed by atoms with van der Waals surface area (Å²) in [5, 5.41) is 13.1. The Bertz CT molecular complexity index is 1370. The maximum absolute atomic E-state index is 13.2. The highest BCUT2D eigenvalue weighted by Gasteiger charge is 2.58. The normalized spacial score (nSPS) is 19.9. The quantitative estimate of drug-likeness (QED) is 0.235. The highest BCUT2D eigenvalue weighted by Crippen LogP contribution is 2.47. The lowest BCUT2D eigenvalue weighted by molar-refractivity contribution is -0.385. The van der Waals surface area contributed by atoms with Crippen molar-refractivity contribution in [3.63, 3.8) is 0 Å². The van der Waals surface area contributed by atoms with Crippen molar-refractivity contribution in [1.29, 1.82) is 0 Å². The number of nitro groups is 1. The minimum Gasteiger partial charge on any atom is -0.300 e. The lowest BCUT2D eigenvalue weighted by atomic mass is 9.90. The fraction of sp³-hybridized carbons (Fsp3) is 0.136. The first-order valence-electron chi connectivity index (χ1n) is 9.80. The molecule has 3 amide bonds. The third-order valence-electron chi connectivity index (χ3n) is 5.75. The highest BCUT2D eigenvalue weighted by molar-refractivity contribution is 7.10. The molecule has 2 aliphatic rings. The van der Waals surface area contributed by atoms with Crippen LogP contribution in [0.4, 0.5) is 24.5 Å². The Labute approximate surface area is 193 Å². The third-order valence-corrected chi connectivity index (χ3v) is 6.70. The van der Waals surface area contributed by atoms with Crippen LogP contribution in [-0.2, 0) is 11.0 Å². The summed E-state index contributed by atoms with van der Waals surface area (Å²) in [6.07, 6.45) is -4.64. The van der Waals surface area contributed by atoms with Crippen molar-refractivity contribution in [2.45, 2.75) is 18.3 Å². The maximum atomic E-state index is 13.2. The molecular weight excluding hydrogens is 475 g/mol. The first kappa shape index (κ1) is 21.8. The number of imide groups is 1. The fourth-order valence-corrected chi connectivity index (χ4v) is 5.12. The van der Waals surface area contributed by atoms with Gasteiger partial charge in [0.25, 0.3) is 23.4 Å². The number of alkyl halides is 3. The van der Waals surface area contributed by atoms with Crippen LogP contribution in [0, 0.1) is 10.1 Å². The number of carbonyl (C=O) groups is 3. The van der Waals surface area contributed by atoms with E-state index in [0.29, 0.717) is 9.78 Å². The Kier molecular flexibility index (Phi) is 4.79. The van der Waals surface area contributed by atoms with E-state index in [1.54, 1.807) is 17.5 Å². The van der Waals surface area contributed by atoms with Crippen molar-refractivity contribution < 1.29 is 32.5 Å². The minimum absolute atomic E-state index is 0.0444. The predicted octanol–water partition coefficient (Wildman–Crippen LogP) is 4.43. The molecule has 1 fully saturated rings. The molecule has 8 nitrogen and oxygen atoms in total. The zero-order valence-corrected chi connectivity index (χ0v) is 17.7. The number of β-lactam (4-membered cyclic amide) rings is 1. The van der Waals surface area contributed by atoms with Crippen LogP contribution in [-0.4, -0.2) is 33.6 Å². The number of nitrogens with zero attached hydrogens (tertiary/aromatic N) is 3. The molecule has 12 heteroatoms. The van der Waals surface area contributed by atoms with Gasteiger partial charge in [-0.3, -0.25) is 34.3 Å². The fourth-order valence-electron chi connectivity index (χ4n) is 4.28. The summed E-state index contributed by atoms with van der Waals surface area (Å²) >= 11 is 1.20. The van der Waals surface area contributed by atoms with E-state index in [0.717, 1.165) is 29.2 Å². The molecule has 0 spiro atoms. The van der Waals surface area contributed by atoms with Gasteiger partial charge < -0.3 is 0 Å². The van der Waals surface area contributed by atoms with Gasteiger partial charge in [-0.15, -0.1) is 11.3 Å². The summed E-state index contributed by atoms with van der Waals surface area (Å²) in [4.78, 5) is 52.4. The van der Waals surface area contributed by atoms with Crippen LogP contribution in [0.3, 0.4) is 0 Å². The number of anilines is 1. The van der Waals surface area contributed by atoms with Crippen LogP contribution >= 0.6 is 11.3 Å². The monoisotopic (exact) mass is 487 g/mol. The van der Waals surface area contributed by atoms with E-state index < -0.39 is 57.7 Å². The predicted molar refractivity (Wildman–Crippen MR) is 113 cm³/mol. The van der Waals surface area contributed by atoms with E-state index in [1.807, 2.05) is 0 Å². The van der Waals surface area contributed by atoms with Gasteiger partial charge in [0.15, 0.2) is 0 Å². The Morgan fingerprint density at radius 1 is 0.912 bits per heavy atom. The van der Waals surface area contributed by atoms with Crippen molar-refractivity contribution in [3.8, 4) is 0 Å². The average molecular weight is 487 g/mol. The van der Waals surface area contributed by atoms with Gasteiger partial charge in [-0.1, -0.05) is 18.2 Å². The highest BCUT2D eigenvalue weighted by atomic mass is 32.1. The summed E-state index contributed by atoms with van der Waals surface area (Å²) in [6.45, 7) is 0. The lowest BCUT2D eigenvalue weighted by Crippen LogP contribution is -2.67. The molecule has 0 N–H and O–H groups in total. The number of halogens is 3. The van der Waals surface area contributed by atoms with E-state index in [2.05, 4.69) is 0 Å². The van der Waals surface area contributed by atoms with E-state index in [1.165, 1.54) is 29.5 Å². The molecule has 1 aromatic heterocycles. The van der Waals surface area contributed by atoms with Crippen LogP contribution in [0.5, 0.6) is 0 Å². The molecule has 2 unspecified atom stereocenters. The molecule has 3 heterocycles. The molecule has 3 aromatic rings. The SMILES string of the molecule is O=C1c2cccc([N+](=O)[O-])c2C(=O)N1C1C(=O)N(c2cccc(C(F)(F)F)c2)C1c1cccs1. The second kappa shape index (κ2) is 7.48. The topological polar surface area (TPSA) is 101 Å². The Morgan fingerprint density at radius 3 is 2.29 bits per heavy atom. The van der Waals surface area contributed by atoms with Gasteiger partial charge in [0.05, 0.1) is 16.1 Å². The summed E-state index contributed by atoms with van der Waals surface area (Å²) in [5.41, 5.74) is -2.17. The van der Waals surface area contributed by atoms with Gasteiger partial charge in [-0.05, 0) is 35.7 Å². The molecule has 0 bridgehead atoms.